The minimum Gasteiger partial charge on any atom is -0.361 e. The van der Waals surface area contributed by atoms with E-state index in [-0.39, 0.29) is 11.7 Å². The number of piperidine rings is 1. The van der Waals surface area contributed by atoms with E-state index in [4.69, 9.17) is 0 Å². The van der Waals surface area contributed by atoms with Crippen LogP contribution in [0, 0.1) is 17.5 Å². The first-order chi connectivity index (χ1) is 16.4. The van der Waals surface area contributed by atoms with Crippen LogP contribution in [0.15, 0.2) is 48.7 Å². The Hall–Kier alpha value is -3.59. The van der Waals surface area contributed by atoms with Crippen LogP contribution in [0.1, 0.15) is 24.0 Å². The molecule has 4 rings (SSSR count). The van der Waals surface area contributed by atoms with Crippen molar-refractivity contribution in [3.63, 3.8) is 0 Å². The Balaban J connectivity index is 1.40. The van der Waals surface area contributed by atoms with Crippen molar-refractivity contribution in [2.24, 2.45) is 0 Å². The molecule has 6 nitrogen and oxygen atoms in total. The lowest BCUT2D eigenvalue weighted by atomic mass is 9.87. The first kappa shape index (κ1) is 23.6. The first-order valence-electron chi connectivity index (χ1n) is 11.1. The molecule has 178 valence electrons. The number of nitrogens with one attached hydrogen (secondary N) is 4. The number of fused-ring (bicyclic) bond motifs is 1. The lowest BCUT2D eigenvalue weighted by Gasteiger charge is -2.36. The number of carbonyl (C=O) groups excluding carboxylic acids is 2. The van der Waals surface area contributed by atoms with E-state index in [1.807, 2.05) is 0 Å². The molecule has 0 unspecified atom stereocenters. The van der Waals surface area contributed by atoms with Gasteiger partial charge in [0.25, 0.3) is 0 Å². The molecule has 0 saturated carbocycles. The van der Waals surface area contributed by atoms with Crippen molar-refractivity contribution >= 4 is 28.8 Å². The lowest BCUT2D eigenvalue weighted by molar-refractivity contribution is -0.133. The maximum absolute atomic E-state index is 13.6. The van der Waals surface area contributed by atoms with Crippen LogP contribution >= 0.6 is 0 Å². The summed E-state index contributed by atoms with van der Waals surface area (Å²) in [7, 11) is 0. The third-order valence-electron chi connectivity index (χ3n) is 6.03. The molecule has 0 aliphatic carbocycles. The molecular weight excluding hydrogens is 445 g/mol. The van der Waals surface area contributed by atoms with Gasteiger partial charge in [-0.2, -0.15) is 0 Å². The standard InChI is InChI=1S/C25H25F3N4O2/c26-18-3-5-22-19(14-18)17(15-31-22)7-10-30-24(34)25(8-11-29-12-9-25)32-23(33)6-2-16-1-4-20(27)21(28)13-16/h1-6,13-15,29,31H,7-12H2,(H,30,34)(H,32,33). The van der Waals surface area contributed by atoms with E-state index in [0.29, 0.717) is 44.5 Å². The summed E-state index contributed by atoms with van der Waals surface area (Å²) in [5, 5.41) is 9.65. The lowest BCUT2D eigenvalue weighted by Crippen LogP contribution is -2.62. The van der Waals surface area contributed by atoms with Crippen molar-refractivity contribution in [1.29, 1.82) is 0 Å². The van der Waals surface area contributed by atoms with Gasteiger partial charge >= 0.3 is 0 Å². The van der Waals surface area contributed by atoms with Gasteiger partial charge in [0, 0.05) is 29.7 Å². The van der Waals surface area contributed by atoms with Gasteiger partial charge < -0.3 is 20.9 Å². The molecule has 1 saturated heterocycles. The Kier molecular flexibility index (Phi) is 7.02. The van der Waals surface area contributed by atoms with Gasteiger partial charge in [0.15, 0.2) is 11.6 Å². The number of carbonyl (C=O) groups is 2. The maximum Gasteiger partial charge on any atom is 0.245 e. The highest BCUT2D eigenvalue weighted by molar-refractivity contribution is 5.97. The van der Waals surface area contributed by atoms with Gasteiger partial charge in [0.2, 0.25) is 11.8 Å². The van der Waals surface area contributed by atoms with Crippen molar-refractivity contribution < 1.29 is 22.8 Å². The van der Waals surface area contributed by atoms with Crippen molar-refractivity contribution in [2.75, 3.05) is 19.6 Å². The number of aromatic nitrogens is 1. The summed E-state index contributed by atoms with van der Waals surface area (Å²) in [6, 6.07) is 7.83. The number of benzene rings is 2. The average molecular weight is 470 g/mol. The monoisotopic (exact) mass is 470 g/mol. The van der Waals surface area contributed by atoms with E-state index in [2.05, 4.69) is 20.9 Å². The topological polar surface area (TPSA) is 86.0 Å². The van der Waals surface area contributed by atoms with E-state index in [1.54, 1.807) is 12.3 Å². The van der Waals surface area contributed by atoms with E-state index < -0.39 is 23.1 Å². The van der Waals surface area contributed by atoms with Crippen molar-refractivity contribution in [1.82, 2.24) is 20.9 Å². The second kappa shape index (κ2) is 10.1. The summed E-state index contributed by atoms with van der Waals surface area (Å²) in [5.41, 5.74) is 0.936. The quantitative estimate of drug-likeness (QED) is 0.400. The van der Waals surface area contributed by atoms with E-state index in [1.165, 1.54) is 30.4 Å². The average Bonchev–Trinajstić information content (AvgIpc) is 3.22. The van der Waals surface area contributed by atoms with Crippen LogP contribution in [0.3, 0.4) is 0 Å². The molecule has 0 radical (unpaired) electrons. The Labute approximate surface area is 194 Å². The summed E-state index contributed by atoms with van der Waals surface area (Å²) >= 11 is 0. The molecule has 2 heterocycles. The molecular formula is C25H25F3N4O2. The Morgan fingerprint density at radius 2 is 1.82 bits per heavy atom. The van der Waals surface area contributed by atoms with Gasteiger partial charge in [-0.1, -0.05) is 6.07 Å². The highest BCUT2D eigenvalue weighted by Crippen LogP contribution is 2.21. The molecule has 1 fully saturated rings. The maximum atomic E-state index is 13.6. The predicted octanol–water partition coefficient (Wildman–Crippen LogP) is 3.20. The van der Waals surface area contributed by atoms with Gasteiger partial charge in [-0.05, 0) is 79.9 Å². The Morgan fingerprint density at radius 3 is 2.59 bits per heavy atom. The molecule has 0 bridgehead atoms. The minimum absolute atomic E-state index is 0.297. The van der Waals surface area contributed by atoms with Crippen LogP contribution in [0.2, 0.25) is 0 Å². The fourth-order valence-corrected chi connectivity index (χ4v) is 4.17. The van der Waals surface area contributed by atoms with Crippen LogP contribution in [0.4, 0.5) is 13.2 Å². The number of amides is 2. The van der Waals surface area contributed by atoms with Gasteiger partial charge in [0.1, 0.15) is 11.4 Å². The summed E-state index contributed by atoms with van der Waals surface area (Å²) in [6.07, 6.45) is 5.66. The smallest absolute Gasteiger partial charge is 0.245 e. The number of hydrogen-bond donors (Lipinski definition) is 4. The zero-order valence-electron chi connectivity index (χ0n) is 18.4. The largest absolute Gasteiger partial charge is 0.361 e. The highest BCUT2D eigenvalue weighted by Gasteiger charge is 2.40. The number of H-pyrrole nitrogens is 1. The third-order valence-corrected chi connectivity index (χ3v) is 6.03. The number of rotatable bonds is 7. The molecule has 3 aromatic rings. The zero-order chi connectivity index (χ0) is 24.1. The molecule has 1 aliphatic rings. The van der Waals surface area contributed by atoms with Crippen LogP contribution < -0.4 is 16.0 Å². The van der Waals surface area contributed by atoms with Crippen molar-refractivity contribution in [3.05, 3.63) is 77.2 Å². The normalized spacial score (nSPS) is 15.5. The molecule has 2 aromatic carbocycles. The summed E-state index contributed by atoms with van der Waals surface area (Å²) in [5.74, 6) is -3.10. The molecule has 9 heteroatoms. The van der Waals surface area contributed by atoms with Gasteiger partial charge in [0.05, 0.1) is 0 Å². The number of hydrogen-bond acceptors (Lipinski definition) is 3. The number of aromatic amines is 1. The van der Waals surface area contributed by atoms with Crippen LogP contribution in [0.25, 0.3) is 17.0 Å². The Bertz CT molecular complexity index is 1230. The van der Waals surface area contributed by atoms with Gasteiger partial charge in [-0.15, -0.1) is 0 Å². The van der Waals surface area contributed by atoms with Crippen molar-refractivity contribution in [2.45, 2.75) is 24.8 Å². The molecule has 0 spiro atoms. The molecule has 1 aliphatic heterocycles. The van der Waals surface area contributed by atoms with Crippen molar-refractivity contribution in [3.8, 4) is 0 Å². The second-order valence-electron chi connectivity index (χ2n) is 8.34. The summed E-state index contributed by atoms with van der Waals surface area (Å²) < 4.78 is 40.1. The van der Waals surface area contributed by atoms with Gasteiger partial charge in [-0.25, -0.2) is 13.2 Å². The zero-order valence-corrected chi connectivity index (χ0v) is 18.4. The SMILES string of the molecule is O=C(C=Cc1ccc(F)c(F)c1)NC1(C(=O)NCCc2c[nH]c3ccc(F)cc23)CCNCC1. The minimum atomic E-state index is -1.09. The predicted molar refractivity (Wildman–Crippen MR) is 123 cm³/mol. The highest BCUT2D eigenvalue weighted by atomic mass is 19.2. The number of halogens is 3. The van der Waals surface area contributed by atoms with E-state index in [0.717, 1.165) is 28.6 Å². The molecule has 0 atom stereocenters. The summed E-state index contributed by atoms with van der Waals surface area (Å²) in [6.45, 7) is 1.43. The second-order valence-corrected chi connectivity index (χ2v) is 8.34. The van der Waals surface area contributed by atoms with Crippen LogP contribution in [-0.2, 0) is 16.0 Å². The van der Waals surface area contributed by atoms with E-state index >= 15 is 0 Å². The van der Waals surface area contributed by atoms with Crippen LogP contribution in [0.5, 0.6) is 0 Å². The van der Waals surface area contributed by atoms with E-state index in [9.17, 15) is 22.8 Å². The fourth-order valence-electron chi connectivity index (χ4n) is 4.17. The first-order valence-corrected chi connectivity index (χ1v) is 11.1. The fraction of sp³-hybridized carbons (Fsp3) is 0.280. The molecule has 2 amide bonds. The molecule has 1 aromatic heterocycles. The third kappa shape index (κ3) is 5.31. The Morgan fingerprint density at radius 1 is 1.03 bits per heavy atom. The molecule has 4 N–H and O–H groups in total. The summed E-state index contributed by atoms with van der Waals surface area (Å²) in [4.78, 5) is 28.8. The van der Waals surface area contributed by atoms with Crippen LogP contribution in [-0.4, -0.2) is 42.0 Å². The molecule has 34 heavy (non-hydrogen) atoms. The van der Waals surface area contributed by atoms with Gasteiger partial charge in [-0.3, -0.25) is 9.59 Å².